The molecule has 3 aliphatic rings. The number of fused-ring (bicyclic) bond motifs is 1. The fourth-order valence-corrected chi connectivity index (χ4v) is 5.65. The molecule has 0 saturated carbocycles. The Kier molecular flexibility index (Phi) is 5.25. The maximum Gasteiger partial charge on any atom is 0.276 e. The van der Waals surface area contributed by atoms with Crippen LogP contribution >= 0.6 is 0 Å². The second-order valence-corrected chi connectivity index (χ2v) is 9.70. The normalized spacial score (nSPS) is 21.5. The summed E-state index contributed by atoms with van der Waals surface area (Å²) in [7, 11) is -3.57. The summed E-state index contributed by atoms with van der Waals surface area (Å²) in [5, 5.41) is 4.04. The monoisotopic (exact) mass is 441 g/mol. The van der Waals surface area contributed by atoms with E-state index in [1.807, 2.05) is 30.3 Å². The van der Waals surface area contributed by atoms with E-state index < -0.39 is 10.0 Å². The first-order valence-corrected chi connectivity index (χ1v) is 11.8. The van der Waals surface area contributed by atoms with Crippen LogP contribution in [0.2, 0.25) is 0 Å². The van der Waals surface area contributed by atoms with Crippen molar-refractivity contribution in [2.45, 2.75) is 23.8 Å². The lowest BCUT2D eigenvalue weighted by molar-refractivity contribution is -0.112. The minimum atomic E-state index is -3.57. The molecule has 3 aliphatic heterocycles. The zero-order chi connectivity index (χ0) is 21.4. The van der Waals surface area contributed by atoms with E-state index in [0.717, 1.165) is 16.8 Å². The summed E-state index contributed by atoms with van der Waals surface area (Å²) in [5.41, 5.74) is 2.94. The summed E-state index contributed by atoms with van der Waals surface area (Å²) < 4.78 is 32.6. The molecule has 8 nitrogen and oxygen atoms in total. The number of carbonyl (C=O) groups excluding carboxylic acids is 1. The molecule has 5 rings (SSSR count). The van der Waals surface area contributed by atoms with Gasteiger partial charge in [-0.3, -0.25) is 4.79 Å². The van der Waals surface area contributed by atoms with E-state index >= 15 is 0 Å². The van der Waals surface area contributed by atoms with Crippen LogP contribution in [0.1, 0.15) is 23.7 Å². The highest BCUT2D eigenvalue weighted by Crippen LogP contribution is 2.33. The largest absolute Gasteiger partial charge is 0.387 e. The number of hydrogen-bond donors (Lipinski definition) is 0. The Morgan fingerprint density at radius 3 is 2.58 bits per heavy atom. The van der Waals surface area contributed by atoms with Gasteiger partial charge in [0, 0.05) is 31.7 Å². The van der Waals surface area contributed by atoms with Crippen LogP contribution in [0, 0.1) is 0 Å². The van der Waals surface area contributed by atoms with Gasteiger partial charge in [-0.2, -0.15) is 4.31 Å². The first kappa shape index (κ1) is 20.2. The molecule has 2 aromatic carbocycles. The van der Waals surface area contributed by atoms with Gasteiger partial charge < -0.3 is 14.5 Å². The average Bonchev–Trinajstić information content (AvgIpc) is 3.47. The van der Waals surface area contributed by atoms with E-state index in [0.29, 0.717) is 51.4 Å². The molecule has 31 heavy (non-hydrogen) atoms. The van der Waals surface area contributed by atoms with E-state index in [9.17, 15) is 13.2 Å². The molecule has 162 valence electrons. The van der Waals surface area contributed by atoms with Gasteiger partial charge in [-0.05, 0) is 35.7 Å². The van der Waals surface area contributed by atoms with Gasteiger partial charge in [0.25, 0.3) is 5.91 Å². The smallest absolute Gasteiger partial charge is 0.276 e. The summed E-state index contributed by atoms with van der Waals surface area (Å²) in [6.07, 6.45) is 0.755. The maximum absolute atomic E-state index is 13.1. The second-order valence-electron chi connectivity index (χ2n) is 7.76. The van der Waals surface area contributed by atoms with Crippen LogP contribution in [0.15, 0.2) is 58.6 Å². The number of morpholine rings is 1. The standard InChI is InChI=1S/C22H23N3O5S/c26-22(19-15-21(30-23-19)16-4-2-1-3-5-16)25-9-8-17-14-18(6-7-20(17)25)31(27,28)24-10-12-29-13-11-24/h1-7,14,21H,8-13,15H2. The topological polar surface area (TPSA) is 88.5 Å². The Balaban J connectivity index is 1.32. The average molecular weight is 442 g/mol. The molecular weight excluding hydrogens is 418 g/mol. The van der Waals surface area contributed by atoms with Gasteiger partial charge in [0.15, 0.2) is 6.10 Å². The Morgan fingerprint density at radius 1 is 1.03 bits per heavy atom. The van der Waals surface area contributed by atoms with Crippen molar-refractivity contribution in [2.24, 2.45) is 5.16 Å². The molecule has 1 atom stereocenters. The summed E-state index contributed by atoms with van der Waals surface area (Å²) in [4.78, 5) is 20.5. The highest BCUT2D eigenvalue weighted by atomic mass is 32.2. The van der Waals surface area contributed by atoms with Crippen LogP contribution in [-0.2, 0) is 30.8 Å². The van der Waals surface area contributed by atoms with Crippen LogP contribution in [0.3, 0.4) is 0 Å². The zero-order valence-corrected chi connectivity index (χ0v) is 17.8. The van der Waals surface area contributed by atoms with Gasteiger partial charge in [0.1, 0.15) is 5.71 Å². The Bertz CT molecular complexity index is 1130. The number of sulfonamides is 1. The molecule has 3 heterocycles. The molecule has 1 saturated heterocycles. The molecule has 1 unspecified atom stereocenters. The van der Waals surface area contributed by atoms with Crippen molar-refractivity contribution in [3.63, 3.8) is 0 Å². The van der Waals surface area contributed by atoms with Gasteiger partial charge in [0.2, 0.25) is 10.0 Å². The SMILES string of the molecule is O=C(C1=NOC(c2ccccc2)C1)N1CCc2cc(S(=O)(=O)N3CCOCC3)ccc21. The zero-order valence-electron chi connectivity index (χ0n) is 16.9. The lowest BCUT2D eigenvalue weighted by atomic mass is 10.0. The number of hydrogen-bond acceptors (Lipinski definition) is 6. The molecule has 1 amide bonds. The van der Waals surface area contributed by atoms with Crippen molar-refractivity contribution >= 4 is 27.3 Å². The van der Waals surface area contributed by atoms with E-state index in [1.54, 1.807) is 23.1 Å². The minimum Gasteiger partial charge on any atom is -0.387 e. The Hall–Kier alpha value is -2.75. The summed E-state index contributed by atoms with van der Waals surface area (Å²) in [6, 6.07) is 14.7. The fraction of sp³-hybridized carbons (Fsp3) is 0.364. The highest BCUT2D eigenvalue weighted by molar-refractivity contribution is 7.89. The number of nitrogens with zero attached hydrogens (tertiary/aromatic N) is 3. The summed E-state index contributed by atoms with van der Waals surface area (Å²) >= 11 is 0. The fourth-order valence-electron chi connectivity index (χ4n) is 4.19. The number of anilines is 1. The summed E-state index contributed by atoms with van der Waals surface area (Å²) in [5.74, 6) is -0.194. The van der Waals surface area contributed by atoms with Crippen molar-refractivity contribution in [2.75, 3.05) is 37.7 Å². The van der Waals surface area contributed by atoms with E-state index in [2.05, 4.69) is 5.16 Å². The number of oxime groups is 1. The summed E-state index contributed by atoms with van der Waals surface area (Å²) in [6.45, 7) is 2.00. The van der Waals surface area contributed by atoms with Crippen LogP contribution < -0.4 is 4.90 Å². The molecule has 0 N–H and O–H groups in total. The minimum absolute atomic E-state index is 0.194. The quantitative estimate of drug-likeness (QED) is 0.725. The van der Waals surface area contributed by atoms with Gasteiger partial charge in [0.05, 0.1) is 18.1 Å². The van der Waals surface area contributed by atoms with Crippen LogP contribution in [0.5, 0.6) is 0 Å². The van der Waals surface area contributed by atoms with Crippen molar-refractivity contribution < 1.29 is 22.8 Å². The van der Waals surface area contributed by atoms with Gasteiger partial charge >= 0.3 is 0 Å². The second kappa shape index (κ2) is 8.07. The third-order valence-corrected chi connectivity index (χ3v) is 7.78. The van der Waals surface area contributed by atoms with Gasteiger partial charge in [-0.25, -0.2) is 8.42 Å². The van der Waals surface area contributed by atoms with Gasteiger partial charge in [-0.1, -0.05) is 35.5 Å². The number of amides is 1. The molecule has 0 spiro atoms. The van der Waals surface area contributed by atoms with E-state index in [4.69, 9.17) is 9.57 Å². The molecule has 0 bridgehead atoms. The van der Waals surface area contributed by atoms with Crippen molar-refractivity contribution in [1.29, 1.82) is 0 Å². The third-order valence-electron chi connectivity index (χ3n) is 5.89. The highest BCUT2D eigenvalue weighted by Gasteiger charge is 2.35. The predicted molar refractivity (Wildman–Crippen MR) is 114 cm³/mol. The number of benzene rings is 2. The Morgan fingerprint density at radius 2 is 1.81 bits per heavy atom. The maximum atomic E-state index is 13.1. The van der Waals surface area contributed by atoms with Crippen molar-refractivity contribution in [3.8, 4) is 0 Å². The number of rotatable bonds is 4. The first-order chi connectivity index (χ1) is 15.0. The van der Waals surface area contributed by atoms with Crippen molar-refractivity contribution in [1.82, 2.24) is 4.31 Å². The molecule has 0 aromatic heterocycles. The number of ether oxygens (including phenoxy) is 1. The molecule has 0 radical (unpaired) electrons. The molecule has 2 aromatic rings. The third kappa shape index (κ3) is 3.73. The molecule has 0 aliphatic carbocycles. The molecular formula is C22H23N3O5S. The van der Waals surface area contributed by atoms with Gasteiger partial charge in [-0.15, -0.1) is 0 Å². The van der Waals surface area contributed by atoms with Crippen LogP contribution in [0.4, 0.5) is 5.69 Å². The molecule has 9 heteroatoms. The van der Waals surface area contributed by atoms with Crippen LogP contribution in [0.25, 0.3) is 0 Å². The lowest BCUT2D eigenvalue weighted by Gasteiger charge is -2.26. The van der Waals surface area contributed by atoms with Crippen molar-refractivity contribution in [3.05, 3.63) is 59.7 Å². The molecule has 1 fully saturated rings. The number of carbonyl (C=O) groups is 1. The van der Waals surface area contributed by atoms with E-state index in [-0.39, 0.29) is 16.9 Å². The van der Waals surface area contributed by atoms with E-state index in [1.165, 1.54) is 4.31 Å². The van der Waals surface area contributed by atoms with Crippen LogP contribution in [-0.4, -0.2) is 57.2 Å². The predicted octanol–water partition coefficient (Wildman–Crippen LogP) is 2.11. The first-order valence-electron chi connectivity index (χ1n) is 10.3. The Labute approximate surface area is 181 Å². The lowest BCUT2D eigenvalue weighted by Crippen LogP contribution is -2.40.